The fourth-order valence-electron chi connectivity index (χ4n) is 2.97. The molecule has 2 amide bonds. The largest absolute Gasteiger partial charge is 0.508 e. The third-order valence-corrected chi connectivity index (χ3v) is 6.26. The molecule has 1 heterocycles. The first-order valence-electron chi connectivity index (χ1n) is 8.51. The average molecular weight is 388 g/mol. The molecule has 0 aromatic heterocycles. The lowest BCUT2D eigenvalue weighted by Gasteiger charge is -2.15. The van der Waals surface area contributed by atoms with Gasteiger partial charge in [-0.3, -0.25) is 9.59 Å². The standard InChI is InChI=1S/C19H20N2O5S/c1-13-12-27(25,26)21(19(13)24)16-8-6-15(7-9-16)18(23)20-11-10-14-4-2-3-5-17(14)22/h2-9,13,22H,10-12H2,1H3,(H,20,23). The molecule has 1 aliphatic rings. The van der Waals surface area contributed by atoms with E-state index in [0.717, 1.165) is 9.87 Å². The van der Waals surface area contributed by atoms with Gasteiger partial charge in [-0.25, -0.2) is 12.7 Å². The number of para-hydroxylation sites is 1. The molecule has 8 heteroatoms. The van der Waals surface area contributed by atoms with Gasteiger partial charge < -0.3 is 10.4 Å². The Morgan fingerprint density at radius 2 is 1.85 bits per heavy atom. The van der Waals surface area contributed by atoms with E-state index in [0.29, 0.717) is 18.5 Å². The monoisotopic (exact) mass is 388 g/mol. The van der Waals surface area contributed by atoms with Crippen LogP contribution in [0.5, 0.6) is 5.75 Å². The van der Waals surface area contributed by atoms with Crippen molar-refractivity contribution in [3.8, 4) is 5.75 Å². The van der Waals surface area contributed by atoms with Crippen LogP contribution in [0, 0.1) is 5.92 Å². The Labute approximate surface area is 157 Å². The number of phenolic OH excluding ortho intramolecular Hbond substituents is 1. The molecule has 0 saturated carbocycles. The van der Waals surface area contributed by atoms with Gasteiger partial charge in [0.2, 0.25) is 15.9 Å². The van der Waals surface area contributed by atoms with Gasteiger partial charge in [-0.05, 0) is 42.3 Å². The van der Waals surface area contributed by atoms with Gasteiger partial charge in [-0.2, -0.15) is 0 Å². The second-order valence-corrected chi connectivity index (χ2v) is 8.33. The summed E-state index contributed by atoms with van der Waals surface area (Å²) < 4.78 is 25.0. The van der Waals surface area contributed by atoms with Crippen LogP contribution in [-0.2, 0) is 21.2 Å². The number of hydrogen-bond donors (Lipinski definition) is 2. The van der Waals surface area contributed by atoms with Crippen LogP contribution in [0.4, 0.5) is 5.69 Å². The Balaban J connectivity index is 1.64. The van der Waals surface area contributed by atoms with Gasteiger partial charge in [-0.1, -0.05) is 25.1 Å². The average Bonchev–Trinajstić information content (AvgIpc) is 2.84. The van der Waals surface area contributed by atoms with Crippen molar-refractivity contribution in [3.63, 3.8) is 0 Å². The Morgan fingerprint density at radius 3 is 2.44 bits per heavy atom. The minimum Gasteiger partial charge on any atom is -0.508 e. The van der Waals surface area contributed by atoms with Crippen molar-refractivity contribution in [1.82, 2.24) is 5.32 Å². The van der Waals surface area contributed by atoms with Crippen molar-refractivity contribution in [2.45, 2.75) is 13.3 Å². The molecule has 142 valence electrons. The van der Waals surface area contributed by atoms with Gasteiger partial charge >= 0.3 is 0 Å². The summed E-state index contributed by atoms with van der Waals surface area (Å²) in [6.07, 6.45) is 0.481. The first kappa shape index (κ1) is 18.9. The summed E-state index contributed by atoms with van der Waals surface area (Å²) in [7, 11) is -3.66. The van der Waals surface area contributed by atoms with Crippen LogP contribution in [0.1, 0.15) is 22.8 Å². The molecule has 1 saturated heterocycles. The number of phenols is 1. The van der Waals surface area contributed by atoms with Gasteiger partial charge in [0, 0.05) is 12.1 Å². The lowest BCUT2D eigenvalue weighted by atomic mass is 10.1. The van der Waals surface area contributed by atoms with E-state index in [1.54, 1.807) is 25.1 Å². The lowest BCUT2D eigenvalue weighted by Crippen LogP contribution is -2.30. The Morgan fingerprint density at radius 1 is 1.19 bits per heavy atom. The smallest absolute Gasteiger partial charge is 0.251 e. The number of anilines is 1. The molecule has 0 spiro atoms. The minimum absolute atomic E-state index is 0.182. The highest BCUT2D eigenvalue weighted by molar-refractivity contribution is 7.94. The third-order valence-electron chi connectivity index (χ3n) is 4.40. The van der Waals surface area contributed by atoms with E-state index in [2.05, 4.69) is 5.32 Å². The molecule has 1 atom stereocenters. The number of hydrogen-bond acceptors (Lipinski definition) is 5. The number of amides is 2. The van der Waals surface area contributed by atoms with Gasteiger partial charge in [-0.15, -0.1) is 0 Å². The predicted octanol–water partition coefficient (Wildman–Crippen LogP) is 1.68. The summed E-state index contributed by atoms with van der Waals surface area (Å²) in [5, 5.41) is 12.5. The maximum atomic E-state index is 12.2. The van der Waals surface area contributed by atoms with E-state index in [4.69, 9.17) is 0 Å². The molecule has 1 fully saturated rings. The maximum Gasteiger partial charge on any atom is 0.251 e. The van der Waals surface area contributed by atoms with E-state index in [1.807, 2.05) is 6.07 Å². The van der Waals surface area contributed by atoms with Crippen LogP contribution in [0.25, 0.3) is 0 Å². The first-order valence-corrected chi connectivity index (χ1v) is 10.1. The number of nitrogens with one attached hydrogen (secondary N) is 1. The lowest BCUT2D eigenvalue weighted by molar-refractivity contribution is -0.119. The van der Waals surface area contributed by atoms with Crippen molar-refractivity contribution in [2.75, 3.05) is 16.6 Å². The highest BCUT2D eigenvalue weighted by Gasteiger charge is 2.41. The van der Waals surface area contributed by atoms with E-state index in [-0.39, 0.29) is 23.1 Å². The van der Waals surface area contributed by atoms with Crippen molar-refractivity contribution in [2.24, 2.45) is 5.92 Å². The molecule has 0 bridgehead atoms. The first-order chi connectivity index (χ1) is 12.8. The number of rotatable bonds is 5. The van der Waals surface area contributed by atoms with Crippen LogP contribution in [0.2, 0.25) is 0 Å². The van der Waals surface area contributed by atoms with E-state index in [9.17, 15) is 23.1 Å². The summed E-state index contributed by atoms with van der Waals surface area (Å²) >= 11 is 0. The highest BCUT2D eigenvalue weighted by Crippen LogP contribution is 2.28. The molecule has 27 heavy (non-hydrogen) atoms. The molecule has 0 radical (unpaired) electrons. The van der Waals surface area contributed by atoms with E-state index < -0.39 is 21.8 Å². The van der Waals surface area contributed by atoms with Crippen molar-refractivity contribution in [1.29, 1.82) is 0 Å². The van der Waals surface area contributed by atoms with Crippen molar-refractivity contribution >= 4 is 27.5 Å². The number of nitrogens with zero attached hydrogens (tertiary/aromatic N) is 1. The molecule has 1 unspecified atom stereocenters. The minimum atomic E-state index is -3.66. The van der Waals surface area contributed by atoms with Crippen LogP contribution < -0.4 is 9.62 Å². The Hall–Kier alpha value is -2.87. The van der Waals surface area contributed by atoms with Gasteiger partial charge in [0.05, 0.1) is 17.4 Å². The van der Waals surface area contributed by atoms with Gasteiger partial charge in [0.25, 0.3) is 5.91 Å². The Kier molecular flexibility index (Phi) is 5.18. The fraction of sp³-hybridized carbons (Fsp3) is 0.263. The molecular formula is C19H20N2O5S. The zero-order valence-corrected chi connectivity index (χ0v) is 15.6. The molecule has 2 aromatic carbocycles. The quantitative estimate of drug-likeness (QED) is 0.811. The summed E-state index contributed by atoms with van der Waals surface area (Å²) in [6.45, 7) is 1.92. The summed E-state index contributed by atoms with van der Waals surface area (Å²) in [4.78, 5) is 24.3. The molecular weight excluding hydrogens is 368 g/mol. The number of benzene rings is 2. The third kappa shape index (κ3) is 3.95. The highest BCUT2D eigenvalue weighted by atomic mass is 32.2. The molecule has 7 nitrogen and oxygen atoms in total. The normalized spacial score (nSPS) is 18.5. The zero-order valence-electron chi connectivity index (χ0n) is 14.8. The maximum absolute atomic E-state index is 12.2. The number of carbonyl (C=O) groups excluding carboxylic acids is 2. The molecule has 3 rings (SSSR count). The van der Waals surface area contributed by atoms with Gasteiger partial charge in [0.15, 0.2) is 0 Å². The molecule has 2 aromatic rings. The van der Waals surface area contributed by atoms with Crippen molar-refractivity contribution < 1.29 is 23.1 Å². The number of sulfonamides is 1. The van der Waals surface area contributed by atoms with Crippen LogP contribution >= 0.6 is 0 Å². The van der Waals surface area contributed by atoms with E-state index >= 15 is 0 Å². The van der Waals surface area contributed by atoms with Crippen LogP contribution in [0.15, 0.2) is 48.5 Å². The topological polar surface area (TPSA) is 104 Å². The predicted molar refractivity (Wildman–Crippen MR) is 101 cm³/mol. The van der Waals surface area contributed by atoms with Crippen molar-refractivity contribution in [3.05, 3.63) is 59.7 Å². The molecule has 2 N–H and O–H groups in total. The summed E-state index contributed by atoms with van der Waals surface area (Å²) in [6, 6.07) is 12.8. The second-order valence-electron chi connectivity index (χ2n) is 6.46. The Bertz CT molecular complexity index is 970. The number of aromatic hydroxyl groups is 1. The SMILES string of the molecule is CC1CS(=O)(=O)N(c2ccc(C(=O)NCCc3ccccc3O)cc2)C1=O. The van der Waals surface area contributed by atoms with E-state index in [1.165, 1.54) is 24.3 Å². The van der Waals surface area contributed by atoms with Gasteiger partial charge in [0.1, 0.15) is 5.75 Å². The van der Waals surface area contributed by atoms with Crippen LogP contribution in [-0.4, -0.2) is 37.6 Å². The zero-order chi connectivity index (χ0) is 19.6. The van der Waals surface area contributed by atoms with Crippen LogP contribution in [0.3, 0.4) is 0 Å². The summed E-state index contributed by atoms with van der Waals surface area (Å²) in [5.41, 5.74) is 1.32. The molecule has 0 aliphatic carbocycles. The second kappa shape index (κ2) is 7.40. The fourth-order valence-corrected chi connectivity index (χ4v) is 4.79. The molecule has 1 aliphatic heterocycles. The summed E-state index contributed by atoms with van der Waals surface area (Å²) in [5.74, 6) is -1.38. The number of carbonyl (C=O) groups is 2.